The van der Waals surface area contributed by atoms with Crippen LogP contribution >= 0.6 is 0 Å². The van der Waals surface area contributed by atoms with E-state index in [1.807, 2.05) is 24.3 Å². The van der Waals surface area contributed by atoms with E-state index in [1.54, 1.807) is 0 Å². The number of unbranched alkanes of at least 4 members (excludes halogenated alkanes) is 2. The van der Waals surface area contributed by atoms with E-state index in [1.165, 1.54) is 12.8 Å². The molecule has 0 aliphatic heterocycles. The molecule has 0 aliphatic carbocycles. The van der Waals surface area contributed by atoms with Gasteiger partial charge in [0.2, 0.25) is 0 Å². The van der Waals surface area contributed by atoms with Gasteiger partial charge in [-0.05, 0) is 24.1 Å². The van der Waals surface area contributed by atoms with Crippen molar-refractivity contribution in [3.63, 3.8) is 0 Å². The summed E-state index contributed by atoms with van der Waals surface area (Å²) >= 11 is 0. The quantitative estimate of drug-likeness (QED) is 0.664. The maximum atomic E-state index is 8.57. The normalized spacial score (nSPS) is 9.60. The fraction of sp³-hybridized carbons (Fsp3) is 0.462. The summed E-state index contributed by atoms with van der Waals surface area (Å²) in [6, 6.07) is 9.89. The van der Waals surface area contributed by atoms with Crippen LogP contribution in [0.1, 0.15) is 31.7 Å². The maximum absolute atomic E-state index is 8.57. The lowest BCUT2D eigenvalue weighted by Gasteiger charge is -2.06. The number of rotatable bonds is 6. The highest BCUT2D eigenvalue weighted by Gasteiger charge is 1.96. The van der Waals surface area contributed by atoms with Crippen LogP contribution in [0.25, 0.3) is 0 Å². The summed E-state index contributed by atoms with van der Waals surface area (Å²) in [4.78, 5) is 0. The molecule has 1 aromatic carbocycles. The number of nitrogens with zero attached hydrogens (tertiary/aromatic N) is 1. The number of hydrogen-bond donors (Lipinski definition) is 0. The van der Waals surface area contributed by atoms with E-state index in [-0.39, 0.29) is 0 Å². The van der Waals surface area contributed by atoms with Gasteiger partial charge in [0.05, 0.1) is 19.1 Å². The average Bonchev–Trinajstić information content (AvgIpc) is 2.26. The van der Waals surface area contributed by atoms with Crippen molar-refractivity contribution >= 4 is 0 Å². The van der Waals surface area contributed by atoms with Gasteiger partial charge in [-0.2, -0.15) is 5.26 Å². The molecule has 0 fully saturated rings. The van der Waals surface area contributed by atoms with Gasteiger partial charge in [0.15, 0.2) is 0 Å². The van der Waals surface area contributed by atoms with Crippen LogP contribution in [-0.4, -0.2) is 6.61 Å². The molecule has 0 aliphatic rings. The van der Waals surface area contributed by atoms with Crippen LogP contribution in [0, 0.1) is 11.3 Å². The molecule has 80 valence electrons. The summed E-state index contributed by atoms with van der Waals surface area (Å²) in [6.45, 7) is 2.94. The van der Waals surface area contributed by atoms with Crippen molar-refractivity contribution in [2.24, 2.45) is 0 Å². The summed E-state index contributed by atoms with van der Waals surface area (Å²) in [6.07, 6.45) is 3.96. The summed E-state index contributed by atoms with van der Waals surface area (Å²) < 4.78 is 5.59. The Bertz CT molecular complexity index is 328. The third-order valence-corrected chi connectivity index (χ3v) is 2.20. The van der Waals surface area contributed by atoms with Crippen LogP contribution in [0.3, 0.4) is 0 Å². The molecule has 1 rings (SSSR count). The smallest absolute Gasteiger partial charge is 0.119 e. The van der Waals surface area contributed by atoms with Gasteiger partial charge in [-0.25, -0.2) is 0 Å². The van der Waals surface area contributed by atoms with Gasteiger partial charge < -0.3 is 4.74 Å². The molecule has 0 heterocycles. The lowest BCUT2D eigenvalue weighted by molar-refractivity contribution is 0.306. The second-order valence-corrected chi connectivity index (χ2v) is 3.54. The predicted molar refractivity (Wildman–Crippen MR) is 60.8 cm³/mol. The number of ether oxygens (including phenoxy) is 1. The molecule has 0 N–H and O–H groups in total. The summed E-state index contributed by atoms with van der Waals surface area (Å²) in [5, 5.41) is 8.57. The Morgan fingerprint density at radius 1 is 1.33 bits per heavy atom. The highest BCUT2D eigenvalue weighted by atomic mass is 16.5. The summed E-state index contributed by atoms with van der Waals surface area (Å²) in [7, 11) is 0. The Hall–Kier alpha value is -1.49. The van der Waals surface area contributed by atoms with Crippen LogP contribution < -0.4 is 4.74 Å². The second-order valence-electron chi connectivity index (χ2n) is 3.54. The molecule has 0 bridgehead atoms. The number of nitriles is 1. The topological polar surface area (TPSA) is 33.0 Å². The second kappa shape index (κ2) is 6.89. The summed E-state index contributed by atoms with van der Waals surface area (Å²) in [5.74, 6) is 0.874. The van der Waals surface area contributed by atoms with Gasteiger partial charge in [0, 0.05) is 0 Å². The molecule has 0 radical (unpaired) electrons. The van der Waals surface area contributed by atoms with E-state index in [2.05, 4.69) is 13.0 Å². The van der Waals surface area contributed by atoms with Crippen molar-refractivity contribution in [3.05, 3.63) is 29.8 Å². The summed E-state index contributed by atoms with van der Waals surface area (Å²) in [5.41, 5.74) is 1.02. The largest absolute Gasteiger partial charge is 0.494 e. The SMILES string of the molecule is CCCCCOc1cccc(CC#N)c1. The molecular formula is C13H17NO. The van der Waals surface area contributed by atoms with Crippen molar-refractivity contribution in [1.29, 1.82) is 5.26 Å². The maximum Gasteiger partial charge on any atom is 0.119 e. The Labute approximate surface area is 91.5 Å². The highest BCUT2D eigenvalue weighted by molar-refractivity contribution is 5.29. The minimum Gasteiger partial charge on any atom is -0.494 e. The minimum absolute atomic E-state index is 0.451. The van der Waals surface area contributed by atoms with Crippen LogP contribution in [0.4, 0.5) is 0 Å². The lowest BCUT2D eigenvalue weighted by atomic mass is 10.1. The van der Waals surface area contributed by atoms with Crippen molar-refractivity contribution in [1.82, 2.24) is 0 Å². The minimum atomic E-state index is 0.451. The lowest BCUT2D eigenvalue weighted by Crippen LogP contribution is -1.97. The molecule has 0 unspecified atom stereocenters. The van der Waals surface area contributed by atoms with E-state index in [0.717, 1.165) is 24.3 Å². The molecule has 15 heavy (non-hydrogen) atoms. The first-order valence-corrected chi connectivity index (χ1v) is 5.45. The van der Waals surface area contributed by atoms with E-state index >= 15 is 0 Å². The molecule has 0 aromatic heterocycles. The number of benzene rings is 1. The molecule has 2 heteroatoms. The molecule has 0 spiro atoms. The van der Waals surface area contributed by atoms with Gasteiger partial charge in [0.1, 0.15) is 5.75 Å². The molecular weight excluding hydrogens is 186 g/mol. The monoisotopic (exact) mass is 203 g/mol. The van der Waals surface area contributed by atoms with Gasteiger partial charge in [-0.3, -0.25) is 0 Å². The van der Waals surface area contributed by atoms with Crippen LogP contribution in [0.2, 0.25) is 0 Å². The van der Waals surface area contributed by atoms with Crippen LogP contribution in [-0.2, 0) is 6.42 Å². The third kappa shape index (κ3) is 4.51. The molecule has 0 saturated carbocycles. The molecule has 1 aromatic rings. The van der Waals surface area contributed by atoms with Gasteiger partial charge >= 0.3 is 0 Å². The van der Waals surface area contributed by atoms with Crippen molar-refractivity contribution < 1.29 is 4.74 Å². The van der Waals surface area contributed by atoms with Crippen LogP contribution in [0.5, 0.6) is 5.75 Å². The standard InChI is InChI=1S/C13H17NO/c1-2-3-4-10-15-13-7-5-6-12(11-13)8-9-14/h5-7,11H,2-4,8,10H2,1H3. The van der Waals surface area contributed by atoms with E-state index < -0.39 is 0 Å². The Balaban J connectivity index is 2.40. The Morgan fingerprint density at radius 2 is 2.20 bits per heavy atom. The van der Waals surface area contributed by atoms with Gasteiger partial charge in [-0.1, -0.05) is 31.9 Å². The Morgan fingerprint density at radius 3 is 2.93 bits per heavy atom. The number of hydrogen-bond acceptors (Lipinski definition) is 2. The molecule has 0 amide bonds. The molecule has 2 nitrogen and oxygen atoms in total. The first-order valence-electron chi connectivity index (χ1n) is 5.45. The van der Waals surface area contributed by atoms with Crippen molar-refractivity contribution in [2.75, 3.05) is 6.61 Å². The first-order chi connectivity index (χ1) is 7.36. The van der Waals surface area contributed by atoms with E-state index in [9.17, 15) is 0 Å². The zero-order valence-electron chi connectivity index (χ0n) is 9.20. The zero-order chi connectivity index (χ0) is 10.9. The van der Waals surface area contributed by atoms with E-state index in [0.29, 0.717) is 6.42 Å². The third-order valence-electron chi connectivity index (χ3n) is 2.20. The molecule has 0 saturated heterocycles. The fourth-order valence-electron chi connectivity index (χ4n) is 1.38. The highest BCUT2D eigenvalue weighted by Crippen LogP contribution is 2.14. The van der Waals surface area contributed by atoms with Crippen LogP contribution in [0.15, 0.2) is 24.3 Å². The average molecular weight is 203 g/mol. The molecule has 0 atom stereocenters. The first kappa shape index (κ1) is 11.6. The fourth-order valence-corrected chi connectivity index (χ4v) is 1.38. The van der Waals surface area contributed by atoms with Gasteiger partial charge in [0.25, 0.3) is 0 Å². The van der Waals surface area contributed by atoms with Crippen molar-refractivity contribution in [3.8, 4) is 11.8 Å². The Kier molecular flexibility index (Phi) is 5.32. The van der Waals surface area contributed by atoms with Gasteiger partial charge in [-0.15, -0.1) is 0 Å². The van der Waals surface area contributed by atoms with Crippen molar-refractivity contribution in [2.45, 2.75) is 32.6 Å². The van der Waals surface area contributed by atoms with E-state index in [4.69, 9.17) is 10.00 Å². The zero-order valence-corrected chi connectivity index (χ0v) is 9.20. The predicted octanol–water partition coefficient (Wildman–Crippen LogP) is 3.32.